The third-order valence-electron chi connectivity index (χ3n) is 5.04. The van der Waals surface area contributed by atoms with Crippen LogP contribution in [0.5, 0.6) is 0 Å². The average molecular weight is 273 g/mol. The molecule has 2 rings (SSSR count). The standard InChI is InChI=1S/C19H31N/c1-13-11-14(2)19(15(3)12-13)17(5)20-16(4)18-9-7-6-8-10-18/h11-12,16-18,20H,6-10H2,1-5H3. The Bertz CT molecular complexity index is 420. The fourth-order valence-electron chi connectivity index (χ4n) is 4.12. The molecule has 1 N–H and O–H groups in total. The van der Waals surface area contributed by atoms with Crippen LogP contribution in [0.1, 0.15) is 74.2 Å². The first-order chi connectivity index (χ1) is 9.49. The number of nitrogens with one attached hydrogen (secondary N) is 1. The topological polar surface area (TPSA) is 12.0 Å². The van der Waals surface area contributed by atoms with Crippen LogP contribution < -0.4 is 5.32 Å². The van der Waals surface area contributed by atoms with Gasteiger partial charge in [0.05, 0.1) is 0 Å². The van der Waals surface area contributed by atoms with Crippen LogP contribution in [0.4, 0.5) is 0 Å². The Labute approximate surface area is 125 Å². The summed E-state index contributed by atoms with van der Waals surface area (Å²) in [4.78, 5) is 0. The highest BCUT2D eigenvalue weighted by molar-refractivity contribution is 5.39. The second kappa shape index (κ2) is 6.76. The molecule has 1 aliphatic carbocycles. The van der Waals surface area contributed by atoms with Crippen molar-refractivity contribution >= 4 is 0 Å². The summed E-state index contributed by atoms with van der Waals surface area (Å²) in [6.07, 6.45) is 7.11. The number of benzene rings is 1. The van der Waals surface area contributed by atoms with E-state index in [1.54, 1.807) is 0 Å². The van der Waals surface area contributed by atoms with E-state index in [0.717, 1.165) is 5.92 Å². The van der Waals surface area contributed by atoms with Gasteiger partial charge in [-0.3, -0.25) is 0 Å². The molecule has 112 valence electrons. The molecule has 0 spiro atoms. The second-order valence-electron chi connectivity index (χ2n) is 6.89. The molecule has 0 aromatic heterocycles. The van der Waals surface area contributed by atoms with Crippen LogP contribution in [-0.4, -0.2) is 6.04 Å². The smallest absolute Gasteiger partial charge is 0.0299 e. The van der Waals surface area contributed by atoms with Gasteiger partial charge in [0.25, 0.3) is 0 Å². The summed E-state index contributed by atoms with van der Waals surface area (Å²) in [6.45, 7) is 11.4. The molecule has 0 radical (unpaired) electrons. The van der Waals surface area contributed by atoms with Crippen LogP contribution in [-0.2, 0) is 0 Å². The van der Waals surface area contributed by atoms with Gasteiger partial charge in [-0.2, -0.15) is 0 Å². The van der Waals surface area contributed by atoms with Crippen LogP contribution >= 0.6 is 0 Å². The molecule has 1 aromatic carbocycles. The number of aryl methyl sites for hydroxylation is 3. The molecule has 0 aliphatic heterocycles. The van der Waals surface area contributed by atoms with Gasteiger partial charge in [0.1, 0.15) is 0 Å². The fraction of sp³-hybridized carbons (Fsp3) is 0.684. The van der Waals surface area contributed by atoms with Crippen LogP contribution in [0.3, 0.4) is 0 Å². The van der Waals surface area contributed by atoms with Gasteiger partial charge in [-0.1, -0.05) is 37.0 Å². The lowest BCUT2D eigenvalue weighted by Gasteiger charge is -2.31. The summed E-state index contributed by atoms with van der Waals surface area (Å²) < 4.78 is 0. The molecule has 0 bridgehead atoms. The van der Waals surface area contributed by atoms with Crippen LogP contribution in [0.15, 0.2) is 12.1 Å². The minimum Gasteiger partial charge on any atom is -0.307 e. The molecule has 0 saturated heterocycles. The summed E-state index contributed by atoms with van der Waals surface area (Å²) in [6, 6.07) is 5.70. The number of hydrogen-bond donors (Lipinski definition) is 1. The quantitative estimate of drug-likeness (QED) is 0.792. The van der Waals surface area contributed by atoms with Gasteiger partial charge in [-0.15, -0.1) is 0 Å². The van der Waals surface area contributed by atoms with Crippen molar-refractivity contribution < 1.29 is 0 Å². The summed E-state index contributed by atoms with van der Waals surface area (Å²) in [5.74, 6) is 0.872. The van der Waals surface area contributed by atoms with E-state index in [-0.39, 0.29) is 0 Å². The van der Waals surface area contributed by atoms with Crippen molar-refractivity contribution in [2.75, 3.05) is 0 Å². The summed E-state index contributed by atoms with van der Waals surface area (Å²) in [5, 5.41) is 3.87. The lowest BCUT2D eigenvalue weighted by Crippen LogP contribution is -2.36. The van der Waals surface area contributed by atoms with Crippen LogP contribution in [0.2, 0.25) is 0 Å². The van der Waals surface area contributed by atoms with E-state index in [0.29, 0.717) is 12.1 Å². The van der Waals surface area contributed by atoms with Gasteiger partial charge in [0.15, 0.2) is 0 Å². The average Bonchev–Trinajstić information content (AvgIpc) is 2.38. The van der Waals surface area contributed by atoms with Gasteiger partial charge >= 0.3 is 0 Å². The Morgan fingerprint density at radius 1 is 0.950 bits per heavy atom. The number of hydrogen-bond acceptors (Lipinski definition) is 1. The van der Waals surface area contributed by atoms with Crippen molar-refractivity contribution in [1.82, 2.24) is 5.32 Å². The first-order valence-electron chi connectivity index (χ1n) is 8.33. The van der Waals surface area contributed by atoms with Gasteiger partial charge in [0, 0.05) is 12.1 Å². The summed E-state index contributed by atoms with van der Waals surface area (Å²) >= 11 is 0. The Morgan fingerprint density at radius 3 is 2.05 bits per heavy atom. The monoisotopic (exact) mass is 273 g/mol. The maximum absolute atomic E-state index is 3.87. The zero-order valence-electron chi connectivity index (χ0n) is 13.9. The Balaban J connectivity index is 2.06. The van der Waals surface area contributed by atoms with Crippen LogP contribution in [0, 0.1) is 26.7 Å². The molecule has 1 fully saturated rings. The Hall–Kier alpha value is -0.820. The molecule has 0 heterocycles. The van der Waals surface area contributed by atoms with E-state index in [1.807, 2.05) is 0 Å². The molecule has 1 saturated carbocycles. The highest BCUT2D eigenvalue weighted by Gasteiger charge is 2.22. The van der Waals surface area contributed by atoms with E-state index >= 15 is 0 Å². The predicted molar refractivity (Wildman–Crippen MR) is 88.2 cm³/mol. The van der Waals surface area contributed by atoms with Gasteiger partial charge in [0.2, 0.25) is 0 Å². The third-order valence-corrected chi connectivity index (χ3v) is 5.04. The van der Waals surface area contributed by atoms with Crippen molar-refractivity contribution in [1.29, 1.82) is 0 Å². The molecule has 2 atom stereocenters. The van der Waals surface area contributed by atoms with Gasteiger partial charge in [-0.25, -0.2) is 0 Å². The predicted octanol–water partition coefficient (Wildman–Crippen LogP) is 5.23. The molecule has 2 unspecified atom stereocenters. The minimum atomic E-state index is 0.451. The number of rotatable bonds is 4. The maximum atomic E-state index is 3.87. The van der Waals surface area contributed by atoms with E-state index < -0.39 is 0 Å². The van der Waals surface area contributed by atoms with Crippen molar-refractivity contribution in [2.24, 2.45) is 5.92 Å². The second-order valence-corrected chi connectivity index (χ2v) is 6.89. The lowest BCUT2D eigenvalue weighted by molar-refractivity contribution is 0.268. The molecule has 1 heteroatoms. The van der Waals surface area contributed by atoms with E-state index in [1.165, 1.54) is 54.4 Å². The molecular weight excluding hydrogens is 242 g/mol. The fourth-order valence-corrected chi connectivity index (χ4v) is 4.12. The molecule has 1 nitrogen and oxygen atoms in total. The van der Waals surface area contributed by atoms with E-state index in [4.69, 9.17) is 0 Å². The largest absolute Gasteiger partial charge is 0.307 e. The molecule has 1 aliphatic rings. The van der Waals surface area contributed by atoms with Crippen molar-refractivity contribution in [2.45, 2.75) is 78.8 Å². The van der Waals surface area contributed by atoms with Gasteiger partial charge < -0.3 is 5.32 Å². The van der Waals surface area contributed by atoms with Crippen molar-refractivity contribution in [3.8, 4) is 0 Å². The Morgan fingerprint density at radius 2 is 1.50 bits per heavy atom. The van der Waals surface area contributed by atoms with Crippen molar-refractivity contribution in [3.63, 3.8) is 0 Å². The molecular formula is C19H31N. The SMILES string of the molecule is Cc1cc(C)c(C(C)NC(C)C2CCCCC2)c(C)c1. The van der Waals surface area contributed by atoms with Gasteiger partial charge in [-0.05, 0) is 70.1 Å². The first-order valence-corrected chi connectivity index (χ1v) is 8.33. The lowest BCUT2D eigenvalue weighted by atomic mass is 9.84. The summed E-state index contributed by atoms with van der Waals surface area (Å²) in [7, 11) is 0. The maximum Gasteiger partial charge on any atom is 0.0299 e. The highest BCUT2D eigenvalue weighted by Crippen LogP contribution is 2.29. The molecule has 1 aromatic rings. The molecule has 0 amide bonds. The molecule has 20 heavy (non-hydrogen) atoms. The van der Waals surface area contributed by atoms with E-state index in [9.17, 15) is 0 Å². The zero-order chi connectivity index (χ0) is 14.7. The normalized spacial score (nSPS) is 19.9. The summed E-state index contributed by atoms with van der Waals surface area (Å²) in [5.41, 5.74) is 5.73. The third kappa shape index (κ3) is 3.63. The van der Waals surface area contributed by atoms with E-state index in [2.05, 4.69) is 52.1 Å². The Kier molecular flexibility index (Phi) is 5.26. The first kappa shape index (κ1) is 15.6. The minimum absolute atomic E-state index is 0.451. The highest BCUT2D eigenvalue weighted by atomic mass is 14.9. The zero-order valence-corrected chi connectivity index (χ0v) is 13.9. The van der Waals surface area contributed by atoms with Crippen molar-refractivity contribution in [3.05, 3.63) is 34.4 Å². The van der Waals surface area contributed by atoms with Crippen LogP contribution in [0.25, 0.3) is 0 Å².